The van der Waals surface area contributed by atoms with Gasteiger partial charge in [-0.15, -0.1) is 0 Å². The first-order chi connectivity index (χ1) is 9.63. The van der Waals surface area contributed by atoms with Gasteiger partial charge in [-0.2, -0.15) is 0 Å². The molecule has 0 saturated heterocycles. The van der Waals surface area contributed by atoms with Crippen LogP contribution in [0.5, 0.6) is 0 Å². The number of hydrogen-bond acceptors (Lipinski definition) is 2. The molecule has 4 N–H and O–H groups in total. The SMILES string of the molecule is Nc1cc2c(NC(=O)c3cccc(Br)c3)cccc2[nH]1. The highest BCUT2D eigenvalue weighted by Gasteiger charge is 2.09. The van der Waals surface area contributed by atoms with Gasteiger partial charge in [-0.25, -0.2) is 0 Å². The van der Waals surface area contributed by atoms with Crippen LogP contribution in [0.4, 0.5) is 11.5 Å². The number of carbonyl (C=O) groups excluding carboxylic acids is 1. The average molecular weight is 330 g/mol. The lowest BCUT2D eigenvalue weighted by Gasteiger charge is -2.06. The summed E-state index contributed by atoms with van der Waals surface area (Å²) in [5.41, 5.74) is 7.98. The zero-order valence-electron chi connectivity index (χ0n) is 10.5. The molecule has 1 heterocycles. The van der Waals surface area contributed by atoms with Crippen LogP contribution in [0.25, 0.3) is 10.9 Å². The molecule has 0 aliphatic heterocycles. The van der Waals surface area contributed by atoms with Crippen molar-refractivity contribution in [3.63, 3.8) is 0 Å². The standard InChI is InChI=1S/C15H12BrN3O/c16-10-4-1-3-9(7-10)15(20)19-13-6-2-5-12-11(13)8-14(17)18-12/h1-8,18H,17H2,(H,19,20). The molecule has 3 aromatic rings. The van der Waals surface area contributed by atoms with E-state index in [0.717, 1.165) is 21.1 Å². The minimum Gasteiger partial charge on any atom is -0.385 e. The van der Waals surface area contributed by atoms with Gasteiger partial charge < -0.3 is 16.0 Å². The van der Waals surface area contributed by atoms with Crippen molar-refractivity contribution >= 4 is 44.2 Å². The molecule has 0 aliphatic rings. The highest BCUT2D eigenvalue weighted by molar-refractivity contribution is 9.10. The van der Waals surface area contributed by atoms with Crippen molar-refractivity contribution in [1.82, 2.24) is 4.98 Å². The summed E-state index contributed by atoms with van der Waals surface area (Å²) in [7, 11) is 0. The largest absolute Gasteiger partial charge is 0.385 e. The molecular weight excluding hydrogens is 318 g/mol. The Hall–Kier alpha value is -2.27. The molecule has 0 bridgehead atoms. The number of fused-ring (bicyclic) bond motifs is 1. The van der Waals surface area contributed by atoms with Crippen molar-refractivity contribution in [1.29, 1.82) is 0 Å². The lowest BCUT2D eigenvalue weighted by molar-refractivity contribution is 0.102. The fraction of sp³-hybridized carbons (Fsp3) is 0. The highest BCUT2D eigenvalue weighted by Crippen LogP contribution is 2.25. The third kappa shape index (κ3) is 2.40. The smallest absolute Gasteiger partial charge is 0.255 e. The van der Waals surface area contributed by atoms with Crippen LogP contribution in [-0.4, -0.2) is 10.9 Å². The van der Waals surface area contributed by atoms with Gasteiger partial charge in [0.25, 0.3) is 5.91 Å². The third-order valence-corrected chi connectivity index (χ3v) is 3.51. The van der Waals surface area contributed by atoms with Crippen LogP contribution in [0.15, 0.2) is 53.0 Å². The molecule has 2 aromatic carbocycles. The van der Waals surface area contributed by atoms with Gasteiger partial charge in [0.15, 0.2) is 0 Å². The lowest BCUT2D eigenvalue weighted by Crippen LogP contribution is -2.11. The molecule has 20 heavy (non-hydrogen) atoms. The zero-order chi connectivity index (χ0) is 14.1. The van der Waals surface area contributed by atoms with E-state index in [9.17, 15) is 4.79 Å². The second-order valence-corrected chi connectivity index (χ2v) is 5.37. The Kier molecular flexibility index (Phi) is 3.20. The van der Waals surface area contributed by atoms with Crippen molar-refractivity contribution in [3.8, 4) is 0 Å². The first-order valence-electron chi connectivity index (χ1n) is 6.07. The van der Waals surface area contributed by atoms with E-state index in [1.807, 2.05) is 36.4 Å². The number of H-pyrrole nitrogens is 1. The number of amides is 1. The zero-order valence-corrected chi connectivity index (χ0v) is 12.1. The van der Waals surface area contributed by atoms with Crippen molar-refractivity contribution in [2.24, 2.45) is 0 Å². The summed E-state index contributed by atoms with van der Waals surface area (Å²) >= 11 is 3.36. The Labute approximate surface area is 124 Å². The molecule has 4 nitrogen and oxygen atoms in total. The van der Waals surface area contributed by atoms with E-state index in [1.165, 1.54) is 0 Å². The van der Waals surface area contributed by atoms with Gasteiger partial charge in [-0.1, -0.05) is 28.1 Å². The van der Waals surface area contributed by atoms with E-state index < -0.39 is 0 Å². The number of anilines is 2. The van der Waals surface area contributed by atoms with E-state index in [-0.39, 0.29) is 5.91 Å². The van der Waals surface area contributed by atoms with Crippen LogP contribution >= 0.6 is 15.9 Å². The molecule has 1 aromatic heterocycles. The second-order valence-electron chi connectivity index (χ2n) is 4.46. The fourth-order valence-corrected chi connectivity index (χ4v) is 2.51. The molecule has 0 spiro atoms. The minimum absolute atomic E-state index is 0.154. The van der Waals surface area contributed by atoms with E-state index in [1.54, 1.807) is 12.1 Å². The monoisotopic (exact) mass is 329 g/mol. The summed E-state index contributed by atoms with van der Waals surface area (Å²) in [5.74, 6) is 0.419. The topological polar surface area (TPSA) is 70.9 Å². The number of halogens is 1. The van der Waals surface area contributed by atoms with Gasteiger partial charge in [0.1, 0.15) is 5.82 Å². The lowest BCUT2D eigenvalue weighted by atomic mass is 10.2. The maximum atomic E-state index is 12.2. The predicted molar refractivity (Wildman–Crippen MR) is 84.8 cm³/mol. The van der Waals surface area contributed by atoms with Crippen molar-refractivity contribution in [3.05, 3.63) is 58.6 Å². The average Bonchev–Trinajstić information content (AvgIpc) is 2.80. The van der Waals surface area contributed by atoms with Crippen LogP contribution in [0.1, 0.15) is 10.4 Å². The minimum atomic E-state index is -0.154. The van der Waals surface area contributed by atoms with Crippen molar-refractivity contribution < 1.29 is 4.79 Å². The summed E-state index contributed by atoms with van der Waals surface area (Å²) in [4.78, 5) is 15.3. The molecule has 100 valence electrons. The normalized spacial score (nSPS) is 10.7. The first kappa shape index (κ1) is 12.7. The fourth-order valence-electron chi connectivity index (χ4n) is 2.11. The third-order valence-electron chi connectivity index (χ3n) is 3.02. The van der Waals surface area contributed by atoms with E-state index in [2.05, 4.69) is 26.2 Å². The molecule has 1 amide bonds. The molecule has 0 fully saturated rings. The molecular formula is C15H12BrN3O. The Bertz CT molecular complexity index is 795. The summed E-state index contributed by atoms with van der Waals surface area (Å²) in [6, 6.07) is 14.7. The van der Waals surface area contributed by atoms with Gasteiger partial charge in [-0.3, -0.25) is 4.79 Å². The Balaban J connectivity index is 1.95. The number of rotatable bonds is 2. The van der Waals surface area contributed by atoms with Gasteiger partial charge in [0.05, 0.1) is 5.69 Å². The summed E-state index contributed by atoms with van der Waals surface area (Å²) < 4.78 is 0.870. The quantitative estimate of drug-likeness (QED) is 0.669. The number of nitrogen functional groups attached to an aromatic ring is 1. The second kappa shape index (κ2) is 5.02. The van der Waals surface area contributed by atoms with E-state index in [0.29, 0.717) is 11.4 Å². The predicted octanol–water partition coefficient (Wildman–Crippen LogP) is 3.76. The number of aromatic amines is 1. The molecule has 0 aliphatic carbocycles. The van der Waals surface area contributed by atoms with Crippen LogP contribution < -0.4 is 11.1 Å². The van der Waals surface area contributed by atoms with Crippen LogP contribution in [0, 0.1) is 0 Å². The summed E-state index contributed by atoms with van der Waals surface area (Å²) in [5, 5.41) is 3.80. The van der Waals surface area contributed by atoms with E-state index >= 15 is 0 Å². The van der Waals surface area contributed by atoms with Crippen LogP contribution in [0.2, 0.25) is 0 Å². The number of benzene rings is 2. The van der Waals surface area contributed by atoms with Gasteiger partial charge in [-0.05, 0) is 36.4 Å². The number of aromatic nitrogens is 1. The molecule has 3 rings (SSSR count). The van der Waals surface area contributed by atoms with Gasteiger partial charge in [0.2, 0.25) is 0 Å². The summed E-state index contributed by atoms with van der Waals surface area (Å²) in [6.45, 7) is 0. The van der Waals surface area contributed by atoms with Gasteiger partial charge in [0, 0.05) is 20.9 Å². The molecule has 0 radical (unpaired) electrons. The Morgan fingerprint density at radius 1 is 1.15 bits per heavy atom. The van der Waals surface area contributed by atoms with Crippen molar-refractivity contribution in [2.75, 3.05) is 11.1 Å². The van der Waals surface area contributed by atoms with Crippen molar-refractivity contribution in [2.45, 2.75) is 0 Å². The Morgan fingerprint density at radius 2 is 1.95 bits per heavy atom. The maximum absolute atomic E-state index is 12.2. The molecule has 5 heteroatoms. The molecule has 0 atom stereocenters. The molecule has 0 unspecified atom stereocenters. The first-order valence-corrected chi connectivity index (χ1v) is 6.87. The Morgan fingerprint density at radius 3 is 2.75 bits per heavy atom. The maximum Gasteiger partial charge on any atom is 0.255 e. The number of hydrogen-bond donors (Lipinski definition) is 3. The number of nitrogens with one attached hydrogen (secondary N) is 2. The highest BCUT2D eigenvalue weighted by atomic mass is 79.9. The number of carbonyl (C=O) groups is 1. The van der Waals surface area contributed by atoms with Crippen LogP contribution in [-0.2, 0) is 0 Å². The number of nitrogens with two attached hydrogens (primary N) is 1. The molecule has 0 saturated carbocycles. The van der Waals surface area contributed by atoms with E-state index in [4.69, 9.17) is 5.73 Å². The van der Waals surface area contributed by atoms with Crippen LogP contribution in [0.3, 0.4) is 0 Å². The summed E-state index contributed by atoms with van der Waals surface area (Å²) in [6.07, 6.45) is 0. The van der Waals surface area contributed by atoms with Gasteiger partial charge >= 0.3 is 0 Å².